The minimum absolute atomic E-state index is 0.0638. The van der Waals surface area contributed by atoms with E-state index in [2.05, 4.69) is 40.0 Å². The van der Waals surface area contributed by atoms with E-state index in [-0.39, 0.29) is 5.91 Å². The molecule has 0 saturated heterocycles. The van der Waals surface area contributed by atoms with Crippen molar-refractivity contribution in [2.75, 3.05) is 4.90 Å². The van der Waals surface area contributed by atoms with Crippen LogP contribution in [0.1, 0.15) is 27.9 Å². The van der Waals surface area contributed by atoms with Gasteiger partial charge in [0.15, 0.2) is 5.13 Å². The Morgan fingerprint density at radius 1 is 1.15 bits per heavy atom. The van der Waals surface area contributed by atoms with Gasteiger partial charge in [0.05, 0.1) is 31.1 Å². The van der Waals surface area contributed by atoms with Crippen LogP contribution in [0, 0.1) is 0 Å². The summed E-state index contributed by atoms with van der Waals surface area (Å²) < 4.78 is 2.02. The highest BCUT2D eigenvalue weighted by atomic mass is 79.9. The van der Waals surface area contributed by atoms with E-state index in [1.165, 1.54) is 16.9 Å². The van der Waals surface area contributed by atoms with Crippen molar-refractivity contribution in [3.05, 3.63) is 74.6 Å². The number of aromatic nitrogens is 2. The van der Waals surface area contributed by atoms with E-state index in [0.29, 0.717) is 16.6 Å². The molecule has 0 aliphatic carbocycles. The molecule has 0 spiro atoms. The first-order valence-corrected chi connectivity index (χ1v) is 10.9. The number of fused-ring (bicyclic) bond motifs is 1. The number of rotatable bonds is 5. The summed E-state index contributed by atoms with van der Waals surface area (Å²) in [4.78, 5) is 24.7. The van der Waals surface area contributed by atoms with E-state index in [9.17, 15) is 4.79 Å². The number of pyridine rings is 1. The van der Waals surface area contributed by atoms with Crippen LogP contribution in [0.2, 0.25) is 0 Å². The van der Waals surface area contributed by atoms with Gasteiger partial charge in [-0.2, -0.15) is 0 Å². The highest BCUT2D eigenvalue weighted by molar-refractivity contribution is 9.11. The van der Waals surface area contributed by atoms with E-state index in [4.69, 9.17) is 4.98 Å². The molecule has 3 aromatic heterocycles. The molecule has 0 unspecified atom stereocenters. The van der Waals surface area contributed by atoms with Crippen LogP contribution in [-0.4, -0.2) is 15.9 Å². The summed E-state index contributed by atoms with van der Waals surface area (Å²) in [7, 11) is 0. The third-order valence-electron chi connectivity index (χ3n) is 4.16. The van der Waals surface area contributed by atoms with Gasteiger partial charge < -0.3 is 0 Å². The van der Waals surface area contributed by atoms with Crippen molar-refractivity contribution in [1.82, 2.24) is 9.97 Å². The largest absolute Gasteiger partial charge is 0.277 e. The molecule has 1 aromatic carbocycles. The maximum atomic E-state index is 13.2. The Morgan fingerprint density at radius 3 is 2.74 bits per heavy atom. The lowest BCUT2D eigenvalue weighted by Crippen LogP contribution is -2.30. The molecule has 4 aromatic rings. The number of thiophene rings is 1. The Labute approximate surface area is 173 Å². The van der Waals surface area contributed by atoms with Crippen molar-refractivity contribution in [2.24, 2.45) is 0 Å². The molecule has 136 valence electrons. The second-order valence-corrected chi connectivity index (χ2v) is 9.44. The van der Waals surface area contributed by atoms with Crippen LogP contribution in [0.5, 0.6) is 0 Å². The van der Waals surface area contributed by atoms with Crippen LogP contribution in [0.3, 0.4) is 0 Å². The number of nitrogens with zero attached hydrogens (tertiary/aromatic N) is 3. The summed E-state index contributed by atoms with van der Waals surface area (Å²) >= 11 is 6.41. The SMILES string of the molecule is CCc1ccc2nc(N(Cc3ccccn3)C(=O)c3ccc(Br)s3)sc2c1. The number of thiazole rings is 1. The maximum Gasteiger partial charge on any atom is 0.270 e. The number of hydrogen-bond donors (Lipinski definition) is 0. The average Bonchev–Trinajstić information content (AvgIpc) is 3.31. The first-order chi connectivity index (χ1) is 13.1. The van der Waals surface area contributed by atoms with Gasteiger partial charge in [0.1, 0.15) is 0 Å². The Kier molecular flexibility index (Phi) is 5.33. The van der Waals surface area contributed by atoms with Crippen LogP contribution >= 0.6 is 38.6 Å². The number of halogens is 1. The highest BCUT2D eigenvalue weighted by Gasteiger charge is 2.23. The van der Waals surface area contributed by atoms with Crippen molar-refractivity contribution in [3.63, 3.8) is 0 Å². The molecule has 3 heterocycles. The zero-order chi connectivity index (χ0) is 18.8. The standard InChI is InChI=1S/C20H16BrN3OS2/c1-2-13-6-7-15-17(11-13)27-20(23-15)24(12-14-5-3-4-10-22-14)19(25)16-8-9-18(21)26-16/h3-11H,2,12H2,1H3. The summed E-state index contributed by atoms with van der Waals surface area (Å²) in [6.07, 6.45) is 2.72. The molecule has 0 fully saturated rings. The molecule has 27 heavy (non-hydrogen) atoms. The van der Waals surface area contributed by atoms with Crippen molar-refractivity contribution in [2.45, 2.75) is 19.9 Å². The Morgan fingerprint density at radius 2 is 2.04 bits per heavy atom. The number of carbonyl (C=O) groups excluding carboxylic acids is 1. The van der Waals surface area contributed by atoms with Gasteiger partial charge in [-0.15, -0.1) is 11.3 Å². The summed E-state index contributed by atoms with van der Waals surface area (Å²) in [6, 6.07) is 15.7. The van der Waals surface area contributed by atoms with Crippen molar-refractivity contribution >= 4 is 59.9 Å². The van der Waals surface area contributed by atoms with Gasteiger partial charge >= 0.3 is 0 Å². The number of carbonyl (C=O) groups is 1. The van der Waals surface area contributed by atoms with Gasteiger partial charge in [-0.1, -0.05) is 30.4 Å². The van der Waals surface area contributed by atoms with Crippen LogP contribution in [0.15, 0.2) is 58.5 Å². The van der Waals surface area contributed by atoms with Gasteiger partial charge in [0, 0.05) is 6.20 Å². The fraction of sp³-hybridized carbons (Fsp3) is 0.150. The molecule has 0 radical (unpaired) electrons. The number of hydrogen-bond acceptors (Lipinski definition) is 5. The van der Waals surface area contributed by atoms with Gasteiger partial charge in [-0.05, 0) is 64.3 Å². The molecule has 0 aliphatic heterocycles. The van der Waals surface area contributed by atoms with Crippen LogP contribution in [0.4, 0.5) is 5.13 Å². The third-order valence-corrected chi connectivity index (χ3v) is 6.81. The quantitative estimate of drug-likeness (QED) is 0.373. The summed E-state index contributed by atoms with van der Waals surface area (Å²) in [6.45, 7) is 2.52. The second-order valence-electron chi connectivity index (χ2n) is 5.97. The lowest BCUT2D eigenvalue weighted by molar-refractivity contribution is 0.0988. The van der Waals surface area contributed by atoms with Gasteiger partial charge in [-0.25, -0.2) is 4.98 Å². The van der Waals surface area contributed by atoms with Crippen LogP contribution < -0.4 is 4.90 Å². The number of aryl methyl sites for hydroxylation is 1. The summed E-state index contributed by atoms with van der Waals surface area (Å²) in [5.74, 6) is -0.0638. The minimum atomic E-state index is -0.0638. The monoisotopic (exact) mass is 457 g/mol. The molecule has 0 saturated carbocycles. The summed E-state index contributed by atoms with van der Waals surface area (Å²) in [5.41, 5.74) is 3.01. The predicted molar refractivity (Wildman–Crippen MR) is 116 cm³/mol. The van der Waals surface area contributed by atoms with E-state index >= 15 is 0 Å². The average molecular weight is 458 g/mol. The number of amides is 1. The maximum absolute atomic E-state index is 13.2. The normalized spacial score (nSPS) is 11.0. The van der Waals surface area contributed by atoms with Gasteiger partial charge in [0.2, 0.25) is 0 Å². The molecule has 0 aliphatic rings. The van der Waals surface area contributed by atoms with Gasteiger partial charge in [-0.3, -0.25) is 14.7 Å². The van der Waals surface area contributed by atoms with Crippen LogP contribution in [0.25, 0.3) is 10.2 Å². The zero-order valence-corrected chi connectivity index (χ0v) is 17.8. The molecule has 7 heteroatoms. The molecule has 0 atom stereocenters. The Bertz CT molecular complexity index is 1090. The smallest absolute Gasteiger partial charge is 0.270 e. The van der Waals surface area contributed by atoms with Crippen LogP contribution in [-0.2, 0) is 13.0 Å². The molecular weight excluding hydrogens is 442 g/mol. The number of benzene rings is 1. The molecule has 0 N–H and O–H groups in total. The van der Waals surface area contributed by atoms with E-state index in [1.54, 1.807) is 22.4 Å². The molecule has 4 nitrogen and oxygen atoms in total. The number of anilines is 1. The zero-order valence-electron chi connectivity index (χ0n) is 14.6. The third kappa shape index (κ3) is 3.95. The lowest BCUT2D eigenvalue weighted by atomic mass is 10.2. The first-order valence-electron chi connectivity index (χ1n) is 8.50. The van der Waals surface area contributed by atoms with Crippen molar-refractivity contribution in [3.8, 4) is 0 Å². The van der Waals surface area contributed by atoms with Crippen molar-refractivity contribution < 1.29 is 4.79 Å². The van der Waals surface area contributed by atoms with E-state index in [1.807, 2.05) is 36.4 Å². The molecule has 4 rings (SSSR count). The molecule has 0 bridgehead atoms. The van der Waals surface area contributed by atoms with E-state index < -0.39 is 0 Å². The Hall–Kier alpha value is -2.09. The summed E-state index contributed by atoms with van der Waals surface area (Å²) in [5, 5.41) is 0.693. The highest BCUT2D eigenvalue weighted by Crippen LogP contribution is 2.33. The fourth-order valence-electron chi connectivity index (χ4n) is 2.73. The fourth-order valence-corrected chi connectivity index (χ4v) is 5.10. The second kappa shape index (κ2) is 7.88. The molecule has 1 amide bonds. The Balaban J connectivity index is 1.75. The first kappa shape index (κ1) is 18.3. The minimum Gasteiger partial charge on any atom is -0.277 e. The van der Waals surface area contributed by atoms with Gasteiger partial charge in [0.25, 0.3) is 5.91 Å². The predicted octanol–water partition coefficient (Wildman–Crippen LogP) is 5.92. The lowest BCUT2D eigenvalue weighted by Gasteiger charge is -2.18. The van der Waals surface area contributed by atoms with E-state index in [0.717, 1.165) is 26.1 Å². The van der Waals surface area contributed by atoms with Crippen molar-refractivity contribution in [1.29, 1.82) is 0 Å². The molecular formula is C20H16BrN3OS2. The topological polar surface area (TPSA) is 46.1 Å².